The van der Waals surface area contributed by atoms with Crippen LogP contribution in [0.5, 0.6) is 0 Å². The molecule has 0 spiro atoms. The first-order chi connectivity index (χ1) is 7.81. The van der Waals surface area contributed by atoms with Crippen LogP contribution in [0.3, 0.4) is 0 Å². The first kappa shape index (κ1) is 13.7. The fraction of sp³-hybridized carbons (Fsp3) is 0.143. The molecule has 0 fully saturated rings. The minimum atomic E-state index is -0.0650. The molecule has 0 aliphatic heterocycles. The summed E-state index contributed by atoms with van der Waals surface area (Å²) in [5.41, 5.74) is 14.9. The standard InChI is InChI=1S/C14H16N2.ClH/c15-10-14(16)13-8-6-12(7-9-13)11-4-2-1-3-5-11;/h1-9,14H,10,15-16H2;1H/t14-;/m0./s1. The third-order valence-electron chi connectivity index (χ3n) is 2.70. The van der Waals surface area contributed by atoms with Crippen molar-refractivity contribution in [3.63, 3.8) is 0 Å². The average molecular weight is 249 g/mol. The Labute approximate surface area is 108 Å². The van der Waals surface area contributed by atoms with E-state index in [1.54, 1.807) is 0 Å². The van der Waals surface area contributed by atoms with Crippen molar-refractivity contribution in [3.05, 3.63) is 60.2 Å². The zero-order valence-corrected chi connectivity index (χ0v) is 10.4. The maximum absolute atomic E-state index is 5.86. The lowest BCUT2D eigenvalue weighted by atomic mass is 10.0. The van der Waals surface area contributed by atoms with Gasteiger partial charge in [0.15, 0.2) is 0 Å². The Morgan fingerprint density at radius 3 is 1.88 bits per heavy atom. The van der Waals surface area contributed by atoms with E-state index in [1.807, 2.05) is 30.3 Å². The zero-order valence-electron chi connectivity index (χ0n) is 9.54. The molecule has 2 rings (SSSR count). The minimum absolute atomic E-state index is 0. The highest BCUT2D eigenvalue weighted by Gasteiger charge is 2.03. The van der Waals surface area contributed by atoms with Crippen LogP contribution in [0, 0.1) is 0 Å². The first-order valence-electron chi connectivity index (χ1n) is 5.42. The molecule has 0 saturated heterocycles. The summed E-state index contributed by atoms with van der Waals surface area (Å²) in [5, 5.41) is 0. The lowest BCUT2D eigenvalue weighted by molar-refractivity contribution is 0.737. The average Bonchev–Trinajstić information content (AvgIpc) is 2.39. The van der Waals surface area contributed by atoms with Crippen molar-refractivity contribution in [2.75, 3.05) is 6.54 Å². The highest BCUT2D eigenvalue weighted by Crippen LogP contribution is 2.20. The summed E-state index contributed by atoms with van der Waals surface area (Å²) in [7, 11) is 0. The van der Waals surface area contributed by atoms with Gasteiger partial charge in [0, 0.05) is 12.6 Å². The third kappa shape index (κ3) is 3.30. The molecule has 0 unspecified atom stereocenters. The zero-order chi connectivity index (χ0) is 11.4. The molecule has 4 N–H and O–H groups in total. The van der Waals surface area contributed by atoms with Gasteiger partial charge in [-0.15, -0.1) is 12.4 Å². The summed E-state index contributed by atoms with van der Waals surface area (Å²) in [6, 6.07) is 18.5. The third-order valence-corrected chi connectivity index (χ3v) is 2.70. The number of halogens is 1. The van der Waals surface area contributed by atoms with Gasteiger partial charge in [-0.05, 0) is 16.7 Å². The highest BCUT2D eigenvalue weighted by atomic mass is 35.5. The maximum atomic E-state index is 5.86. The van der Waals surface area contributed by atoms with Crippen molar-refractivity contribution in [1.29, 1.82) is 0 Å². The SMILES string of the molecule is Cl.NC[C@H](N)c1ccc(-c2ccccc2)cc1. The van der Waals surface area contributed by atoms with E-state index in [9.17, 15) is 0 Å². The number of nitrogens with two attached hydrogens (primary N) is 2. The normalized spacial score (nSPS) is 11.6. The van der Waals surface area contributed by atoms with Crippen molar-refractivity contribution in [2.45, 2.75) is 6.04 Å². The number of rotatable bonds is 3. The molecule has 0 aromatic heterocycles. The largest absolute Gasteiger partial charge is 0.329 e. The van der Waals surface area contributed by atoms with E-state index in [0.29, 0.717) is 6.54 Å². The van der Waals surface area contributed by atoms with Gasteiger partial charge in [-0.3, -0.25) is 0 Å². The highest BCUT2D eigenvalue weighted by molar-refractivity contribution is 5.85. The van der Waals surface area contributed by atoms with E-state index < -0.39 is 0 Å². The Kier molecular flexibility index (Phi) is 5.16. The second-order valence-corrected chi connectivity index (χ2v) is 3.83. The molecule has 2 aromatic rings. The Bertz CT molecular complexity index is 440. The van der Waals surface area contributed by atoms with E-state index in [1.165, 1.54) is 11.1 Å². The lowest BCUT2D eigenvalue weighted by Gasteiger charge is -2.09. The van der Waals surface area contributed by atoms with Gasteiger partial charge < -0.3 is 11.5 Å². The summed E-state index contributed by atoms with van der Waals surface area (Å²) >= 11 is 0. The number of benzene rings is 2. The predicted molar refractivity (Wildman–Crippen MR) is 75.1 cm³/mol. The van der Waals surface area contributed by atoms with E-state index in [-0.39, 0.29) is 18.4 Å². The summed E-state index contributed by atoms with van der Waals surface area (Å²) in [6.07, 6.45) is 0. The van der Waals surface area contributed by atoms with Crippen LogP contribution in [0.15, 0.2) is 54.6 Å². The molecule has 17 heavy (non-hydrogen) atoms. The fourth-order valence-corrected chi connectivity index (χ4v) is 1.69. The lowest BCUT2D eigenvalue weighted by Crippen LogP contribution is -2.20. The summed E-state index contributed by atoms with van der Waals surface area (Å²) in [6.45, 7) is 0.477. The molecule has 0 amide bonds. The molecule has 3 heteroatoms. The van der Waals surface area contributed by atoms with E-state index in [2.05, 4.69) is 24.3 Å². The van der Waals surface area contributed by atoms with Crippen LogP contribution in [0.1, 0.15) is 11.6 Å². The van der Waals surface area contributed by atoms with Gasteiger partial charge in [0.25, 0.3) is 0 Å². The molecule has 0 heterocycles. The van der Waals surface area contributed by atoms with Crippen LogP contribution in [0.2, 0.25) is 0 Å². The van der Waals surface area contributed by atoms with Crippen molar-refractivity contribution < 1.29 is 0 Å². The topological polar surface area (TPSA) is 52.0 Å². The fourth-order valence-electron chi connectivity index (χ4n) is 1.69. The van der Waals surface area contributed by atoms with Crippen LogP contribution in [-0.4, -0.2) is 6.54 Å². The first-order valence-corrected chi connectivity index (χ1v) is 5.42. The molecule has 0 bridgehead atoms. The second-order valence-electron chi connectivity index (χ2n) is 3.83. The van der Waals surface area contributed by atoms with Crippen LogP contribution >= 0.6 is 12.4 Å². The van der Waals surface area contributed by atoms with E-state index in [4.69, 9.17) is 11.5 Å². The summed E-state index contributed by atoms with van der Waals surface area (Å²) in [5.74, 6) is 0. The van der Waals surface area contributed by atoms with Gasteiger partial charge in [0.05, 0.1) is 0 Å². The van der Waals surface area contributed by atoms with Crippen molar-refractivity contribution in [1.82, 2.24) is 0 Å². The van der Waals surface area contributed by atoms with Crippen molar-refractivity contribution >= 4 is 12.4 Å². The van der Waals surface area contributed by atoms with Gasteiger partial charge in [-0.25, -0.2) is 0 Å². The van der Waals surface area contributed by atoms with E-state index >= 15 is 0 Å². The number of hydrogen-bond acceptors (Lipinski definition) is 2. The molecule has 0 aliphatic rings. The second kappa shape index (κ2) is 6.40. The molecule has 2 aromatic carbocycles. The Hall–Kier alpha value is -1.35. The van der Waals surface area contributed by atoms with Crippen LogP contribution in [0.25, 0.3) is 11.1 Å². The molecule has 2 nitrogen and oxygen atoms in total. The van der Waals surface area contributed by atoms with Gasteiger partial charge in [0.2, 0.25) is 0 Å². The number of hydrogen-bond donors (Lipinski definition) is 2. The molecule has 1 atom stereocenters. The minimum Gasteiger partial charge on any atom is -0.329 e. The molecule has 0 saturated carbocycles. The van der Waals surface area contributed by atoms with Gasteiger partial charge in [-0.1, -0.05) is 54.6 Å². The Balaban J connectivity index is 0.00000144. The molecular formula is C14H17ClN2. The van der Waals surface area contributed by atoms with E-state index in [0.717, 1.165) is 5.56 Å². The smallest absolute Gasteiger partial charge is 0.0419 e. The predicted octanol–water partition coefficient (Wildman–Crippen LogP) is 2.73. The summed E-state index contributed by atoms with van der Waals surface area (Å²) in [4.78, 5) is 0. The molecule has 0 aliphatic carbocycles. The van der Waals surface area contributed by atoms with Crippen molar-refractivity contribution in [3.8, 4) is 11.1 Å². The maximum Gasteiger partial charge on any atom is 0.0419 e. The monoisotopic (exact) mass is 248 g/mol. The quantitative estimate of drug-likeness (QED) is 0.878. The molecule has 0 radical (unpaired) electrons. The van der Waals surface area contributed by atoms with Crippen molar-refractivity contribution in [2.24, 2.45) is 11.5 Å². The van der Waals surface area contributed by atoms with Crippen LogP contribution in [0.4, 0.5) is 0 Å². The van der Waals surface area contributed by atoms with Gasteiger partial charge >= 0.3 is 0 Å². The summed E-state index contributed by atoms with van der Waals surface area (Å²) < 4.78 is 0. The molecular weight excluding hydrogens is 232 g/mol. The Morgan fingerprint density at radius 2 is 1.35 bits per heavy atom. The van der Waals surface area contributed by atoms with Crippen LogP contribution < -0.4 is 11.5 Å². The van der Waals surface area contributed by atoms with Gasteiger partial charge in [-0.2, -0.15) is 0 Å². The Morgan fingerprint density at radius 1 is 0.824 bits per heavy atom. The van der Waals surface area contributed by atoms with Crippen LogP contribution in [-0.2, 0) is 0 Å². The molecule has 90 valence electrons. The van der Waals surface area contributed by atoms with Gasteiger partial charge in [0.1, 0.15) is 0 Å².